The smallest absolute Gasteiger partial charge is 0.324 e. The standard InChI is InChI=1S/C17H21Cl2N3O3/c1-10(2)6-7-17(3)15(24)22(16(25)21-17)9-14(23)20-11-4-5-12(18)13(19)8-11/h4-5,8,10H,6-7,9H2,1-3H3,(H,20,23)(H,21,25)/t17-/m0/s1. The van der Waals surface area contributed by atoms with Crippen molar-refractivity contribution in [1.29, 1.82) is 0 Å². The van der Waals surface area contributed by atoms with Crippen LogP contribution < -0.4 is 10.6 Å². The molecule has 1 aliphatic heterocycles. The Bertz CT molecular complexity index is 708. The fourth-order valence-corrected chi connectivity index (χ4v) is 2.85. The summed E-state index contributed by atoms with van der Waals surface area (Å²) in [6, 6.07) is 4.09. The average molecular weight is 386 g/mol. The number of halogens is 2. The molecular formula is C17H21Cl2N3O3. The number of amides is 4. The van der Waals surface area contributed by atoms with Crippen LogP contribution in [0.3, 0.4) is 0 Å². The Morgan fingerprint density at radius 1 is 1.28 bits per heavy atom. The Hall–Kier alpha value is -1.79. The number of urea groups is 1. The third kappa shape index (κ3) is 4.64. The minimum atomic E-state index is -0.967. The molecule has 4 amide bonds. The largest absolute Gasteiger partial charge is 0.325 e. The van der Waals surface area contributed by atoms with Crippen molar-refractivity contribution in [3.8, 4) is 0 Å². The lowest BCUT2D eigenvalue weighted by molar-refractivity contribution is -0.133. The first-order valence-corrected chi connectivity index (χ1v) is 8.77. The van der Waals surface area contributed by atoms with Crippen molar-refractivity contribution < 1.29 is 14.4 Å². The van der Waals surface area contributed by atoms with Crippen molar-refractivity contribution >= 4 is 46.7 Å². The van der Waals surface area contributed by atoms with E-state index < -0.39 is 17.5 Å². The van der Waals surface area contributed by atoms with E-state index in [2.05, 4.69) is 10.6 Å². The van der Waals surface area contributed by atoms with Gasteiger partial charge in [0.1, 0.15) is 12.1 Å². The number of benzene rings is 1. The maximum absolute atomic E-state index is 12.6. The first kappa shape index (κ1) is 19.5. The van der Waals surface area contributed by atoms with Gasteiger partial charge in [-0.1, -0.05) is 37.0 Å². The molecule has 1 fully saturated rings. The predicted octanol–water partition coefficient (Wildman–Crippen LogP) is 3.68. The van der Waals surface area contributed by atoms with Crippen LogP contribution in [0.5, 0.6) is 0 Å². The maximum atomic E-state index is 12.6. The fraction of sp³-hybridized carbons (Fsp3) is 0.471. The van der Waals surface area contributed by atoms with E-state index in [0.29, 0.717) is 28.1 Å². The van der Waals surface area contributed by atoms with E-state index in [1.807, 2.05) is 13.8 Å². The lowest BCUT2D eigenvalue weighted by atomic mass is 9.92. The summed E-state index contributed by atoms with van der Waals surface area (Å²) >= 11 is 11.7. The molecule has 2 N–H and O–H groups in total. The lowest BCUT2D eigenvalue weighted by Crippen LogP contribution is -2.44. The number of carbonyl (C=O) groups is 3. The second-order valence-electron chi connectivity index (χ2n) is 6.76. The zero-order chi connectivity index (χ0) is 18.8. The van der Waals surface area contributed by atoms with Crippen LogP contribution in [0.2, 0.25) is 10.0 Å². The molecular weight excluding hydrogens is 365 g/mol. The van der Waals surface area contributed by atoms with Crippen molar-refractivity contribution in [3.63, 3.8) is 0 Å². The number of carbonyl (C=O) groups excluding carboxylic acids is 3. The summed E-state index contributed by atoms with van der Waals surface area (Å²) < 4.78 is 0. The van der Waals surface area contributed by atoms with Gasteiger partial charge in [-0.3, -0.25) is 14.5 Å². The van der Waals surface area contributed by atoms with Gasteiger partial charge < -0.3 is 10.6 Å². The number of anilines is 1. The third-order valence-electron chi connectivity index (χ3n) is 4.07. The molecule has 1 heterocycles. The Morgan fingerprint density at radius 2 is 1.96 bits per heavy atom. The van der Waals surface area contributed by atoms with Gasteiger partial charge in [0.2, 0.25) is 5.91 Å². The van der Waals surface area contributed by atoms with E-state index in [0.717, 1.165) is 11.3 Å². The van der Waals surface area contributed by atoms with E-state index in [1.54, 1.807) is 19.1 Å². The van der Waals surface area contributed by atoms with Gasteiger partial charge in [0.05, 0.1) is 10.0 Å². The normalized spacial score (nSPS) is 20.2. The summed E-state index contributed by atoms with van der Waals surface area (Å²) in [6.45, 7) is 5.43. The fourth-order valence-electron chi connectivity index (χ4n) is 2.56. The first-order chi connectivity index (χ1) is 11.6. The summed E-state index contributed by atoms with van der Waals surface area (Å²) in [5, 5.41) is 5.96. The minimum Gasteiger partial charge on any atom is -0.324 e. The molecule has 1 aromatic carbocycles. The van der Waals surface area contributed by atoms with E-state index in [4.69, 9.17) is 23.2 Å². The summed E-state index contributed by atoms with van der Waals surface area (Å²) in [4.78, 5) is 37.8. The molecule has 0 aromatic heterocycles. The lowest BCUT2D eigenvalue weighted by Gasteiger charge is -2.22. The van der Waals surface area contributed by atoms with Crippen LogP contribution in [-0.2, 0) is 9.59 Å². The number of imide groups is 1. The van der Waals surface area contributed by atoms with Gasteiger partial charge >= 0.3 is 6.03 Å². The molecule has 2 rings (SSSR count). The zero-order valence-electron chi connectivity index (χ0n) is 14.4. The van der Waals surface area contributed by atoms with Crippen molar-refractivity contribution in [1.82, 2.24) is 10.2 Å². The SMILES string of the molecule is CC(C)CC[C@]1(C)NC(=O)N(CC(=O)Nc2ccc(Cl)c(Cl)c2)C1=O. The van der Waals surface area contributed by atoms with E-state index >= 15 is 0 Å². The van der Waals surface area contributed by atoms with Gasteiger partial charge in [0, 0.05) is 5.69 Å². The average Bonchev–Trinajstić information content (AvgIpc) is 2.73. The van der Waals surface area contributed by atoms with Crippen molar-refractivity contribution in [2.45, 2.75) is 39.2 Å². The molecule has 6 nitrogen and oxygen atoms in total. The summed E-state index contributed by atoms with van der Waals surface area (Å²) in [7, 11) is 0. The van der Waals surface area contributed by atoms with Crippen LogP contribution in [-0.4, -0.2) is 34.8 Å². The molecule has 0 bridgehead atoms. The van der Waals surface area contributed by atoms with Crippen LogP contribution in [0, 0.1) is 5.92 Å². The third-order valence-corrected chi connectivity index (χ3v) is 4.81. The molecule has 136 valence electrons. The molecule has 1 atom stereocenters. The monoisotopic (exact) mass is 385 g/mol. The summed E-state index contributed by atoms with van der Waals surface area (Å²) in [5.74, 6) is -0.467. The molecule has 0 radical (unpaired) electrons. The van der Waals surface area contributed by atoms with E-state index in [-0.39, 0.29) is 12.5 Å². The van der Waals surface area contributed by atoms with Gasteiger partial charge in [0.25, 0.3) is 5.91 Å². The number of nitrogens with one attached hydrogen (secondary N) is 2. The van der Waals surface area contributed by atoms with Crippen LogP contribution in [0.1, 0.15) is 33.6 Å². The van der Waals surface area contributed by atoms with Gasteiger partial charge in [-0.15, -0.1) is 0 Å². The molecule has 25 heavy (non-hydrogen) atoms. The van der Waals surface area contributed by atoms with E-state index in [1.165, 1.54) is 6.07 Å². The van der Waals surface area contributed by atoms with Crippen molar-refractivity contribution in [2.24, 2.45) is 5.92 Å². The van der Waals surface area contributed by atoms with Gasteiger partial charge in [-0.25, -0.2) is 4.79 Å². The van der Waals surface area contributed by atoms with Crippen molar-refractivity contribution in [3.05, 3.63) is 28.2 Å². The Balaban J connectivity index is 2.01. The van der Waals surface area contributed by atoms with Crippen LogP contribution in [0.15, 0.2) is 18.2 Å². The molecule has 0 aliphatic carbocycles. The quantitative estimate of drug-likeness (QED) is 0.733. The topological polar surface area (TPSA) is 78.5 Å². The highest BCUT2D eigenvalue weighted by atomic mass is 35.5. The van der Waals surface area contributed by atoms with Crippen LogP contribution in [0.4, 0.5) is 10.5 Å². The summed E-state index contributed by atoms with van der Waals surface area (Å²) in [6.07, 6.45) is 1.33. The molecule has 0 saturated carbocycles. The van der Waals surface area contributed by atoms with Crippen LogP contribution >= 0.6 is 23.2 Å². The molecule has 1 aromatic rings. The highest BCUT2D eigenvalue weighted by Crippen LogP contribution is 2.26. The second kappa shape index (κ2) is 7.62. The molecule has 0 unspecified atom stereocenters. The van der Waals surface area contributed by atoms with Gasteiger partial charge in [0.15, 0.2) is 0 Å². The maximum Gasteiger partial charge on any atom is 0.325 e. The molecule has 0 spiro atoms. The second-order valence-corrected chi connectivity index (χ2v) is 7.58. The molecule has 1 saturated heterocycles. The number of hydrogen-bond acceptors (Lipinski definition) is 3. The first-order valence-electron chi connectivity index (χ1n) is 8.01. The molecule has 1 aliphatic rings. The van der Waals surface area contributed by atoms with Gasteiger partial charge in [-0.05, 0) is 43.9 Å². The minimum absolute atomic E-state index is 0.302. The highest BCUT2D eigenvalue weighted by Gasteiger charge is 2.47. The van der Waals surface area contributed by atoms with Crippen LogP contribution in [0.25, 0.3) is 0 Å². The Kier molecular flexibility index (Phi) is 5.95. The number of nitrogens with zero attached hydrogens (tertiary/aromatic N) is 1. The number of hydrogen-bond donors (Lipinski definition) is 2. The van der Waals surface area contributed by atoms with Crippen molar-refractivity contribution in [2.75, 3.05) is 11.9 Å². The summed E-state index contributed by atoms with van der Waals surface area (Å²) in [5.41, 5.74) is -0.528. The highest BCUT2D eigenvalue weighted by molar-refractivity contribution is 6.42. The number of rotatable bonds is 6. The molecule has 8 heteroatoms. The zero-order valence-corrected chi connectivity index (χ0v) is 15.9. The van der Waals surface area contributed by atoms with Gasteiger partial charge in [-0.2, -0.15) is 0 Å². The Labute approximate surface area is 156 Å². The Morgan fingerprint density at radius 3 is 2.56 bits per heavy atom. The van der Waals surface area contributed by atoms with E-state index in [9.17, 15) is 14.4 Å². The predicted molar refractivity (Wildman–Crippen MR) is 97.8 cm³/mol.